The van der Waals surface area contributed by atoms with E-state index in [4.69, 9.17) is 12.2 Å². The zero-order valence-electron chi connectivity index (χ0n) is 11.1. The van der Waals surface area contributed by atoms with Gasteiger partial charge in [0.2, 0.25) is 5.91 Å². The van der Waals surface area contributed by atoms with Gasteiger partial charge in [0, 0.05) is 0 Å². The largest absolute Gasteiger partial charge is 0.468 e. The summed E-state index contributed by atoms with van der Waals surface area (Å²) in [5, 5.41) is 0.936. The Morgan fingerprint density at radius 2 is 2.24 bits per heavy atom. The second-order valence-electron chi connectivity index (χ2n) is 4.39. The average Bonchev–Trinajstić information content (AvgIpc) is 3.02. The molecule has 1 fully saturated rings. The number of hydrogen-bond donors (Lipinski definition) is 0. The van der Waals surface area contributed by atoms with Crippen molar-refractivity contribution in [3.05, 3.63) is 24.3 Å². The summed E-state index contributed by atoms with van der Waals surface area (Å²) in [6.07, 6.45) is 0. The number of carbonyl (C=O) groups is 2. The lowest BCUT2D eigenvalue weighted by atomic mass is 10.3. The maximum atomic E-state index is 12.0. The van der Waals surface area contributed by atoms with Crippen LogP contribution in [0.3, 0.4) is 0 Å². The number of aromatic nitrogens is 1. The molecule has 2 heterocycles. The summed E-state index contributed by atoms with van der Waals surface area (Å²) in [6.45, 7) is -0.0782. The second-order valence-corrected chi connectivity index (χ2v) is 5.76. The molecule has 0 bridgehead atoms. The molecule has 1 aliphatic heterocycles. The quantitative estimate of drug-likeness (QED) is 0.629. The van der Waals surface area contributed by atoms with Crippen LogP contribution in [-0.2, 0) is 14.3 Å². The van der Waals surface area contributed by atoms with E-state index in [1.54, 1.807) is 4.90 Å². The molecular formula is C13H11N3O3S2. The second kappa shape index (κ2) is 5.38. The molecule has 21 heavy (non-hydrogen) atoms. The fourth-order valence-corrected chi connectivity index (χ4v) is 3.36. The highest BCUT2D eigenvalue weighted by Crippen LogP contribution is 2.30. The van der Waals surface area contributed by atoms with Crippen LogP contribution in [0, 0.1) is 0 Å². The first-order valence-corrected chi connectivity index (χ1v) is 7.37. The third kappa shape index (κ3) is 2.47. The van der Waals surface area contributed by atoms with Crippen molar-refractivity contribution < 1.29 is 14.3 Å². The fraction of sp³-hybridized carbons (Fsp3) is 0.231. The number of carbonyl (C=O) groups excluding carboxylic acids is 2. The lowest BCUT2D eigenvalue weighted by molar-refractivity contribution is -0.143. The number of benzene rings is 1. The van der Waals surface area contributed by atoms with Gasteiger partial charge >= 0.3 is 5.97 Å². The van der Waals surface area contributed by atoms with E-state index in [9.17, 15) is 9.59 Å². The Morgan fingerprint density at radius 3 is 2.95 bits per heavy atom. The van der Waals surface area contributed by atoms with Gasteiger partial charge in [-0.15, -0.1) is 0 Å². The van der Waals surface area contributed by atoms with Crippen LogP contribution in [-0.4, -0.2) is 47.1 Å². The summed E-state index contributed by atoms with van der Waals surface area (Å²) in [5.74, 6) is -0.735. The normalized spacial score (nSPS) is 15.1. The Balaban J connectivity index is 1.88. The summed E-state index contributed by atoms with van der Waals surface area (Å²) in [4.78, 5) is 30.7. The van der Waals surface area contributed by atoms with Crippen molar-refractivity contribution in [2.75, 3.05) is 25.1 Å². The van der Waals surface area contributed by atoms with Gasteiger partial charge in [-0.25, -0.2) is 4.98 Å². The number of methoxy groups -OCH3 is 1. The number of amides is 1. The van der Waals surface area contributed by atoms with Gasteiger partial charge in [-0.2, -0.15) is 0 Å². The Kier molecular flexibility index (Phi) is 3.56. The van der Waals surface area contributed by atoms with Crippen molar-refractivity contribution in [1.82, 2.24) is 9.88 Å². The van der Waals surface area contributed by atoms with Gasteiger partial charge in [0.1, 0.15) is 13.1 Å². The zero-order valence-corrected chi connectivity index (χ0v) is 12.7. The SMILES string of the molecule is COC(=O)CN1C(=O)CN(c2nc3ccccc3s2)C1=S. The van der Waals surface area contributed by atoms with E-state index in [0.717, 1.165) is 10.2 Å². The molecule has 1 saturated heterocycles. The average molecular weight is 321 g/mol. The van der Waals surface area contributed by atoms with Crippen LogP contribution in [0.5, 0.6) is 0 Å². The van der Waals surface area contributed by atoms with Crippen molar-refractivity contribution in [3.63, 3.8) is 0 Å². The number of thiocarbonyl (C=S) groups is 1. The van der Waals surface area contributed by atoms with Crippen LogP contribution < -0.4 is 4.90 Å². The number of para-hydroxylation sites is 1. The first kappa shape index (κ1) is 13.9. The molecule has 1 aliphatic rings. The maximum Gasteiger partial charge on any atom is 0.325 e. The van der Waals surface area contributed by atoms with Gasteiger partial charge in [-0.05, 0) is 24.4 Å². The van der Waals surface area contributed by atoms with E-state index in [2.05, 4.69) is 9.72 Å². The highest BCUT2D eigenvalue weighted by Gasteiger charge is 2.36. The van der Waals surface area contributed by atoms with E-state index in [1.807, 2.05) is 24.3 Å². The predicted octanol–water partition coefficient (Wildman–Crippen LogP) is 1.40. The molecule has 0 unspecified atom stereocenters. The van der Waals surface area contributed by atoms with Crippen LogP contribution in [0.25, 0.3) is 10.2 Å². The van der Waals surface area contributed by atoms with E-state index < -0.39 is 5.97 Å². The molecule has 8 heteroatoms. The minimum atomic E-state index is -0.503. The van der Waals surface area contributed by atoms with E-state index in [1.165, 1.54) is 23.3 Å². The van der Waals surface area contributed by atoms with Crippen LogP contribution >= 0.6 is 23.6 Å². The summed E-state index contributed by atoms with van der Waals surface area (Å²) in [5.41, 5.74) is 0.860. The van der Waals surface area contributed by atoms with E-state index in [0.29, 0.717) is 5.13 Å². The van der Waals surface area contributed by atoms with Gasteiger partial charge in [-0.1, -0.05) is 23.5 Å². The summed E-state index contributed by atoms with van der Waals surface area (Å²) in [6, 6.07) is 7.70. The molecule has 1 aromatic carbocycles. The molecule has 0 N–H and O–H groups in total. The molecule has 0 aliphatic carbocycles. The van der Waals surface area contributed by atoms with E-state index in [-0.39, 0.29) is 24.1 Å². The number of thiazole rings is 1. The van der Waals surface area contributed by atoms with Gasteiger partial charge in [0.25, 0.3) is 0 Å². The zero-order chi connectivity index (χ0) is 15.0. The number of ether oxygens (including phenoxy) is 1. The molecule has 3 rings (SSSR count). The van der Waals surface area contributed by atoms with Gasteiger partial charge < -0.3 is 4.74 Å². The molecular weight excluding hydrogens is 310 g/mol. The molecule has 1 amide bonds. The van der Waals surface area contributed by atoms with Gasteiger partial charge in [0.15, 0.2) is 10.2 Å². The number of nitrogens with zero attached hydrogens (tertiary/aromatic N) is 3. The Hall–Kier alpha value is -2.06. The molecule has 0 atom stereocenters. The maximum absolute atomic E-state index is 12.0. The van der Waals surface area contributed by atoms with Crippen molar-refractivity contribution >= 4 is 55.9 Å². The number of esters is 1. The Morgan fingerprint density at radius 1 is 1.48 bits per heavy atom. The number of rotatable bonds is 3. The monoisotopic (exact) mass is 321 g/mol. The van der Waals surface area contributed by atoms with Crippen molar-refractivity contribution in [1.29, 1.82) is 0 Å². The van der Waals surface area contributed by atoms with Crippen LogP contribution in [0.2, 0.25) is 0 Å². The minimum absolute atomic E-state index is 0.0929. The fourth-order valence-electron chi connectivity index (χ4n) is 2.02. The number of anilines is 1. The lowest BCUT2D eigenvalue weighted by Crippen LogP contribution is -2.37. The molecule has 1 aromatic heterocycles. The third-order valence-corrected chi connectivity index (χ3v) is 4.58. The van der Waals surface area contributed by atoms with Crippen molar-refractivity contribution in [2.24, 2.45) is 0 Å². The molecule has 6 nitrogen and oxygen atoms in total. The van der Waals surface area contributed by atoms with Crippen molar-refractivity contribution in [3.8, 4) is 0 Å². The Bertz CT molecular complexity index is 710. The predicted molar refractivity (Wildman–Crippen MR) is 83.3 cm³/mol. The molecule has 2 aromatic rings. The van der Waals surface area contributed by atoms with Crippen LogP contribution in [0.4, 0.5) is 5.13 Å². The topological polar surface area (TPSA) is 62.7 Å². The third-order valence-electron chi connectivity index (χ3n) is 3.08. The molecule has 0 saturated carbocycles. The summed E-state index contributed by atoms with van der Waals surface area (Å²) < 4.78 is 5.60. The summed E-state index contributed by atoms with van der Waals surface area (Å²) in [7, 11) is 1.28. The van der Waals surface area contributed by atoms with E-state index >= 15 is 0 Å². The smallest absolute Gasteiger partial charge is 0.325 e. The lowest BCUT2D eigenvalue weighted by Gasteiger charge is -2.16. The number of fused-ring (bicyclic) bond motifs is 1. The Labute approximate surface area is 129 Å². The van der Waals surface area contributed by atoms with Gasteiger partial charge in [-0.3, -0.25) is 19.4 Å². The molecule has 108 valence electrons. The minimum Gasteiger partial charge on any atom is -0.468 e. The standard InChI is InChI=1S/C13H11N3O3S2/c1-19-11(18)7-15-10(17)6-16(13(15)20)12-14-8-4-2-3-5-9(8)21-12/h2-5H,6-7H2,1H3. The van der Waals surface area contributed by atoms with Crippen molar-refractivity contribution in [2.45, 2.75) is 0 Å². The highest BCUT2D eigenvalue weighted by atomic mass is 32.1. The first-order chi connectivity index (χ1) is 10.1. The highest BCUT2D eigenvalue weighted by molar-refractivity contribution is 7.80. The van der Waals surface area contributed by atoms with Crippen LogP contribution in [0.15, 0.2) is 24.3 Å². The summed E-state index contributed by atoms with van der Waals surface area (Å²) >= 11 is 6.74. The molecule has 0 radical (unpaired) electrons. The first-order valence-electron chi connectivity index (χ1n) is 6.14. The van der Waals surface area contributed by atoms with Crippen LogP contribution in [0.1, 0.15) is 0 Å². The molecule has 0 spiro atoms. The van der Waals surface area contributed by atoms with Gasteiger partial charge in [0.05, 0.1) is 17.3 Å². The number of hydrogen-bond acceptors (Lipinski definition) is 6.